The van der Waals surface area contributed by atoms with Crippen LogP contribution < -0.4 is 17.0 Å². The van der Waals surface area contributed by atoms with Gasteiger partial charge >= 0.3 is 5.69 Å². The lowest BCUT2D eigenvalue weighted by Gasteiger charge is -2.13. The average Bonchev–Trinajstić information content (AvgIpc) is 2.56. The number of nitrogens with two attached hydrogens (primary N) is 1. The Bertz CT molecular complexity index is 804. The van der Waals surface area contributed by atoms with Crippen molar-refractivity contribution < 1.29 is 0 Å². The highest BCUT2D eigenvalue weighted by molar-refractivity contribution is 5.83. The summed E-state index contributed by atoms with van der Waals surface area (Å²) in [5, 5.41) is 0. The fourth-order valence-electron chi connectivity index (χ4n) is 2.36. The highest BCUT2D eigenvalue weighted by atomic mass is 16.2. The first-order valence-electron chi connectivity index (χ1n) is 7.82. The van der Waals surface area contributed by atoms with Gasteiger partial charge in [-0.3, -0.25) is 13.9 Å². The summed E-state index contributed by atoms with van der Waals surface area (Å²) in [5.74, 6) is 0.126. The van der Waals surface area contributed by atoms with Crippen molar-refractivity contribution in [1.82, 2.24) is 9.13 Å². The molecule has 0 amide bonds. The van der Waals surface area contributed by atoms with E-state index in [-0.39, 0.29) is 17.2 Å². The zero-order chi connectivity index (χ0) is 16.8. The number of nitrogens with zero attached hydrogens (tertiary/aromatic N) is 3. The lowest BCUT2D eigenvalue weighted by Crippen LogP contribution is -2.41. The van der Waals surface area contributed by atoms with E-state index in [1.165, 1.54) is 9.13 Å². The van der Waals surface area contributed by atoms with Gasteiger partial charge < -0.3 is 5.73 Å². The minimum absolute atomic E-state index is 0.121. The quantitative estimate of drug-likeness (QED) is 0.829. The van der Waals surface area contributed by atoms with E-state index < -0.39 is 5.56 Å². The van der Waals surface area contributed by atoms with Crippen LogP contribution in [0.3, 0.4) is 0 Å². The van der Waals surface area contributed by atoms with E-state index in [1.54, 1.807) is 6.21 Å². The Morgan fingerprint density at radius 2 is 1.65 bits per heavy atom. The molecule has 122 valence electrons. The molecule has 0 saturated carbocycles. The van der Waals surface area contributed by atoms with Crippen LogP contribution in [-0.2, 0) is 13.1 Å². The smallest absolute Gasteiger partial charge is 0.332 e. The van der Waals surface area contributed by atoms with Crippen LogP contribution in [0.5, 0.6) is 0 Å². The van der Waals surface area contributed by atoms with Crippen molar-refractivity contribution in [1.29, 1.82) is 0 Å². The number of benzene rings is 1. The lowest BCUT2D eigenvalue weighted by molar-refractivity contribution is 0.547. The average molecular weight is 314 g/mol. The zero-order valence-electron chi connectivity index (χ0n) is 13.5. The lowest BCUT2D eigenvalue weighted by atomic mass is 10.2. The van der Waals surface area contributed by atoms with Gasteiger partial charge in [0.05, 0.1) is 0 Å². The molecule has 1 heterocycles. The second kappa shape index (κ2) is 7.58. The van der Waals surface area contributed by atoms with Gasteiger partial charge in [0.25, 0.3) is 5.56 Å². The van der Waals surface area contributed by atoms with Crippen LogP contribution in [0.15, 0.2) is 44.9 Å². The van der Waals surface area contributed by atoms with Gasteiger partial charge in [0.1, 0.15) is 5.82 Å². The van der Waals surface area contributed by atoms with Crippen LogP contribution in [0.2, 0.25) is 0 Å². The molecule has 0 aliphatic carbocycles. The van der Waals surface area contributed by atoms with E-state index in [0.29, 0.717) is 19.5 Å². The maximum Gasteiger partial charge on any atom is 0.332 e. The Morgan fingerprint density at radius 1 is 1.04 bits per heavy atom. The molecule has 0 unspecified atom stereocenters. The van der Waals surface area contributed by atoms with E-state index in [4.69, 9.17) is 5.73 Å². The summed E-state index contributed by atoms with van der Waals surface area (Å²) in [5.41, 5.74) is 6.22. The van der Waals surface area contributed by atoms with Crippen LogP contribution in [-0.4, -0.2) is 15.3 Å². The highest BCUT2D eigenvalue weighted by Crippen LogP contribution is 2.15. The molecule has 0 radical (unpaired) electrons. The maximum absolute atomic E-state index is 12.5. The third kappa shape index (κ3) is 3.59. The van der Waals surface area contributed by atoms with Gasteiger partial charge in [-0.15, -0.1) is 0 Å². The van der Waals surface area contributed by atoms with Crippen molar-refractivity contribution in [3.63, 3.8) is 0 Å². The molecule has 0 aliphatic rings. The van der Waals surface area contributed by atoms with E-state index in [1.807, 2.05) is 44.2 Å². The molecule has 1 aromatic heterocycles. The summed E-state index contributed by atoms with van der Waals surface area (Å²) in [4.78, 5) is 29.2. The minimum atomic E-state index is -0.436. The topological polar surface area (TPSA) is 82.4 Å². The largest absolute Gasteiger partial charge is 0.383 e. The zero-order valence-corrected chi connectivity index (χ0v) is 13.5. The maximum atomic E-state index is 12.5. The van der Waals surface area contributed by atoms with Crippen LogP contribution in [0.25, 0.3) is 0 Å². The summed E-state index contributed by atoms with van der Waals surface area (Å²) in [6, 6.07) is 9.44. The highest BCUT2D eigenvalue weighted by Gasteiger charge is 2.15. The molecule has 2 rings (SSSR count). The molecule has 23 heavy (non-hydrogen) atoms. The van der Waals surface area contributed by atoms with Gasteiger partial charge in [0.15, 0.2) is 5.69 Å². The summed E-state index contributed by atoms with van der Waals surface area (Å²) in [7, 11) is 0. The standard InChI is InChI=1S/C17H22N4O2/c1-3-10-20-15(18)14(16(22)21(11-4-2)17(20)23)19-12-13-8-6-5-7-9-13/h5-9,12H,3-4,10-11,18H2,1-2H3. The number of rotatable bonds is 6. The second-order valence-corrected chi connectivity index (χ2v) is 5.29. The van der Waals surface area contributed by atoms with Crippen LogP contribution in [0, 0.1) is 0 Å². The Hall–Kier alpha value is -2.63. The van der Waals surface area contributed by atoms with Crippen molar-refractivity contribution in [2.75, 3.05) is 5.73 Å². The summed E-state index contributed by atoms with van der Waals surface area (Å²) in [6.07, 6.45) is 3.02. The third-order valence-electron chi connectivity index (χ3n) is 3.48. The van der Waals surface area contributed by atoms with Crippen molar-refractivity contribution in [2.45, 2.75) is 39.8 Å². The van der Waals surface area contributed by atoms with Crippen LogP contribution >= 0.6 is 0 Å². The number of anilines is 1. The number of hydrogen-bond acceptors (Lipinski definition) is 4. The Balaban J connectivity index is 2.60. The first kappa shape index (κ1) is 16.7. The van der Waals surface area contributed by atoms with E-state index in [0.717, 1.165) is 12.0 Å². The number of aliphatic imine (C=N–C) groups is 1. The Labute approximate surface area is 134 Å². The molecular formula is C17H22N4O2. The summed E-state index contributed by atoms with van der Waals surface area (Å²) >= 11 is 0. The van der Waals surface area contributed by atoms with Crippen LogP contribution in [0.1, 0.15) is 32.3 Å². The molecule has 0 spiro atoms. The van der Waals surface area contributed by atoms with Gasteiger partial charge in [-0.1, -0.05) is 44.2 Å². The molecule has 1 aromatic carbocycles. The Kier molecular flexibility index (Phi) is 5.51. The molecule has 0 saturated heterocycles. The van der Waals surface area contributed by atoms with Crippen molar-refractivity contribution >= 4 is 17.7 Å². The fraction of sp³-hybridized carbons (Fsp3) is 0.353. The first-order chi connectivity index (χ1) is 11.1. The van der Waals surface area contributed by atoms with Crippen molar-refractivity contribution in [2.24, 2.45) is 4.99 Å². The minimum Gasteiger partial charge on any atom is -0.383 e. The van der Waals surface area contributed by atoms with Gasteiger partial charge in [-0.2, -0.15) is 0 Å². The van der Waals surface area contributed by atoms with Gasteiger partial charge in [0.2, 0.25) is 0 Å². The third-order valence-corrected chi connectivity index (χ3v) is 3.48. The van der Waals surface area contributed by atoms with E-state index >= 15 is 0 Å². The van der Waals surface area contributed by atoms with E-state index in [9.17, 15) is 9.59 Å². The molecular weight excluding hydrogens is 292 g/mol. The second-order valence-electron chi connectivity index (χ2n) is 5.29. The number of hydrogen-bond donors (Lipinski definition) is 1. The molecule has 0 atom stereocenters. The van der Waals surface area contributed by atoms with E-state index in [2.05, 4.69) is 4.99 Å². The molecule has 2 N–H and O–H groups in total. The van der Waals surface area contributed by atoms with Crippen molar-refractivity contribution in [3.05, 3.63) is 56.7 Å². The van der Waals surface area contributed by atoms with Gasteiger partial charge in [0, 0.05) is 19.3 Å². The molecule has 6 nitrogen and oxygen atoms in total. The van der Waals surface area contributed by atoms with Gasteiger partial charge in [-0.25, -0.2) is 9.79 Å². The molecule has 0 aliphatic heterocycles. The molecule has 0 bridgehead atoms. The summed E-state index contributed by atoms with van der Waals surface area (Å²) in [6.45, 7) is 4.69. The monoisotopic (exact) mass is 314 g/mol. The normalized spacial score (nSPS) is 11.2. The molecule has 0 fully saturated rings. The number of nitrogen functional groups attached to an aromatic ring is 1. The number of aromatic nitrogens is 2. The Morgan fingerprint density at radius 3 is 2.26 bits per heavy atom. The predicted octanol–water partition coefficient (Wildman–Crippen LogP) is 2.16. The molecule has 6 heteroatoms. The SMILES string of the molecule is CCCn1c(N)c(N=Cc2ccccc2)c(=O)n(CCC)c1=O. The molecule has 2 aromatic rings. The van der Waals surface area contributed by atoms with Crippen molar-refractivity contribution in [3.8, 4) is 0 Å². The predicted molar refractivity (Wildman–Crippen MR) is 93.7 cm³/mol. The summed E-state index contributed by atoms with van der Waals surface area (Å²) < 4.78 is 2.64. The fourth-order valence-corrected chi connectivity index (χ4v) is 2.36. The van der Waals surface area contributed by atoms with Crippen LogP contribution in [0.4, 0.5) is 11.5 Å². The van der Waals surface area contributed by atoms with Gasteiger partial charge in [-0.05, 0) is 18.4 Å². The first-order valence-corrected chi connectivity index (χ1v) is 7.82.